The van der Waals surface area contributed by atoms with Crippen molar-refractivity contribution in [2.24, 2.45) is 11.8 Å². The summed E-state index contributed by atoms with van der Waals surface area (Å²) in [5.74, 6) is 1.40. The average molecular weight is 326 g/mol. The molecule has 3 rings (SSSR count). The minimum absolute atomic E-state index is 0.00544. The fourth-order valence-corrected chi connectivity index (χ4v) is 3.41. The van der Waals surface area contributed by atoms with E-state index < -0.39 is 0 Å². The number of carbonyl (C=O) groups is 1. The van der Waals surface area contributed by atoms with E-state index in [0.717, 1.165) is 19.4 Å². The third-order valence-electron chi connectivity index (χ3n) is 4.11. The van der Waals surface area contributed by atoms with Crippen LogP contribution in [-0.4, -0.2) is 35.1 Å². The summed E-state index contributed by atoms with van der Waals surface area (Å²) in [6.45, 7) is 1.45. The Morgan fingerprint density at radius 2 is 2.26 bits per heavy atom. The molecule has 2 heterocycles. The van der Waals surface area contributed by atoms with Gasteiger partial charge < -0.3 is 14.4 Å². The summed E-state index contributed by atoms with van der Waals surface area (Å²) in [4.78, 5) is 13.9. The van der Waals surface area contributed by atoms with Crippen molar-refractivity contribution >= 4 is 27.9 Å². The van der Waals surface area contributed by atoms with Crippen LogP contribution in [0.2, 0.25) is 0 Å². The zero-order valence-corrected chi connectivity index (χ0v) is 12.0. The van der Waals surface area contributed by atoms with E-state index >= 15 is 0 Å². The Hall–Kier alpha value is -1.07. The number of likely N-dealkylation sites (tertiary alicyclic amines) is 1. The molecule has 1 saturated heterocycles. The highest BCUT2D eigenvalue weighted by molar-refractivity contribution is 9.10. The third-order valence-corrected chi connectivity index (χ3v) is 4.54. The molecule has 0 bridgehead atoms. The molecule has 102 valence electrons. The van der Waals surface area contributed by atoms with E-state index in [1.54, 1.807) is 24.3 Å². The molecule has 1 aliphatic heterocycles. The molecule has 1 saturated carbocycles. The maximum atomic E-state index is 12.1. The van der Waals surface area contributed by atoms with E-state index in [-0.39, 0.29) is 17.9 Å². The molecule has 1 N–H and O–H groups in total. The van der Waals surface area contributed by atoms with Crippen LogP contribution in [0, 0.1) is 11.8 Å². The summed E-state index contributed by atoms with van der Waals surface area (Å²) in [7, 11) is 0. The Morgan fingerprint density at radius 1 is 1.42 bits per heavy atom. The van der Waals surface area contributed by atoms with Crippen molar-refractivity contribution in [1.82, 2.24) is 4.90 Å². The Balaban J connectivity index is 1.61. The molecule has 1 aromatic heterocycles. The van der Waals surface area contributed by atoms with Gasteiger partial charge in [-0.3, -0.25) is 4.79 Å². The van der Waals surface area contributed by atoms with Crippen LogP contribution < -0.4 is 0 Å². The number of aliphatic hydroxyl groups excluding tert-OH is 1. The van der Waals surface area contributed by atoms with Crippen molar-refractivity contribution in [2.75, 3.05) is 13.1 Å². The monoisotopic (exact) mass is 325 g/mol. The average Bonchev–Trinajstić information content (AvgIpc) is 3.05. The quantitative estimate of drug-likeness (QED) is 0.849. The molecule has 1 aromatic rings. The molecule has 0 spiro atoms. The first-order valence-corrected chi connectivity index (χ1v) is 7.33. The summed E-state index contributed by atoms with van der Waals surface area (Å²) in [6.07, 6.45) is 4.90. The first-order chi connectivity index (χ1) is 9.13. The van der Waals surface area contributed by atoms with E-state index in [0.29, 0.717) is 22.9 Å². The number of rotatable bonds is 2. The Bertz CT molecular complexity index is 511. The predicted octanol–water partition coefficient (Wildman–Crippen LogP) is 2.28. The normalized spacial score (nSPS) is 30.2. The van der Waals surface area contributed by atoms with E-state index in [1.165, 1.54) is 0 Å². The van der Waals surface area contributed by atoms with Crippen LogP contribution in [0.25, 0.3) is 6.08 Å². The summed E-state index contributed by atoms with van der Waals surface area (Å²) < 4.78 is 5.96. The Morgan fingerprint density at radius 3 is 2.95 bits per heavy atom. The van der Waals surface area contributed by atoms with Crippen LogP contribution >= 0.6 is 15.9 Å². The van der Waals surface area contributed by atoms with Gasteiger partial charge in [0, 0.05) is 25.1 Å². The largest absolute Gasteiger partial charge is 0.450 e. The first kappa shape index (κ1) is 12.9. The van der Waals surface area contributed by atoms with Gasteiger partial charge in [0.05, 0.1) is 6.10 Å². The summed E-state index contributed by atoms with van der Waals surface area (Å²) in [5.41, 5.74) is 0. The van der Waals surface area contributed by atoms with Crippen LogP contribution in [-0.2, 0) is 4.79 Å². The molecule has 0 aromatic carbocycles. The van der Waals surface area contributed by atoms with Gasteiger partial charge in [-0.1, -0.05) is 0 Å². The molecular weight excluding hydrogens is 310 g/mol. The van der Waals surface area contributed by atoms with Gasteiger partial charge in [-0.05, 0) is 52.9 Å². The fourth-order valence-electron chi connectivity index (χ4n) is 3.09. The molecule has 3 atom stereocenters. The zero-order valence-electron chi connectivity index (χ0n) is 10.5. The van der Waals surface area contributed by atoms with Crippen LogP contribution in [0.4, 0.5) is 0 Å². The predicted molar refractivity (Wildman–Crippen MR) is 74.2 cm³/mol. The molecule has 4 nitrogen and oxygen atoms in total. The van der Waals surface area contributed by atoms with Crippen molar-refractivity contribution in [1.29, 1.82) is 0 Å². The van der Waals surface area contributed by atoms with Crippen LogP contribution in [0.1, 0.15) is 18.6 Å². The number of fused-ring (bicyclic) bond motifs is 1. The van der Waals surface area contributed by atoms with Gasteiger partial charge in [0.15, 0.2) is 4.67 Å². The Kier molecular flexibility index (Phi) is 3.50. The summed E-state index contributed by atoms with van der Waals surface area (Å²) >= 11 is 3.22. The Labute approximate surface area is 120 Å². The minimum Gasteiger partial charge on any atom is -0.450 e. The number of carbonyl (C=O) groups excluding carboxylic acids is 1. The molecule has 19 heavy (non-hydrogen) atoms. The highest BCUT2D eigenvalue weighted by Gasteiger charge is 2.42. The maximum Gasteiger partial charge on any atom is 0.246 e. The van der Waals surface area contributed by atoms with Crippen LogP contribution in [0.15, 0.2) is 27.3 Å². The standard InChI is InChI=1S/C14H16BrNO3/c15-13-5-2-10(19-13)3-6-14(18)16-7-9-1-4-12(17)11(9)8-16/h2-3,5-6,9,11-12,17H,1,4,7-8H2/b6-3+. The number of halogens is 1. The van der Waals surface area contributed by atoms with Crippen molar-refractivity contribution in [3.63, 3.8) is 0 Å². The molecule has 2 aliphatic rings. The SMILES string of the molecule is O=C(/C=C/c1ccc(Br)o1)N1CC2CCC(O)C2C1. The summed E-state index contributed by atoms with van der Waals surface area (Å²) in [5, 5.41) is 9.83. The highest BCUT2D eigenvalue weighted by Crippen LogP contribution is 2.38. The molecule has 2 fully saturated rings. The number of amides is 1. The van der Waals surface area contributed by atoms with Crippen LogP contribution in [0.5, 0.6) is 0 Å². The molecule has 0 radical (unpaired) electrons. The van der Waals surface area contributed by atoms with Gasteiger partial charge in [0.25, 0.3) is 0 Å². The van der Waals surface area contributed by atoms with Gasteiger partial charge in [-0.25, -0.2) is 0 Å². The second-order valence-corrected chi connectivity index (χ2v) is 6.07. The topological polar surface area (TPSA) is 53.7 Å². The lowest BCUT2D eigenvalue weighted by Crippen LogP contribution is -2.29. The highest BCUT2D eigenvalue weighted by atomic mass is 79.9. The number of hydrogen-bond acceptors (Lipinski definition) is 3. The van der Waals surface area contributed by atoms with Crippen molar-refractivity contribution < 1.29 is 14.3 Å². The molecular formula is C14H16BrNO3. The molecule has 5 heteroatoms. The second kappa shape index (κ2) is 5.13. The minimum atomic E-state index is -0.229. The van der Waals surface area contributed by atoms with Gasteiger partial charge in [-0.15, -0.1) is 0 Å². The molecule has 3 unspecified atom stereocenters. The second-order valence-electron chi connectivity index (χ2n) is 5.29. The van der Waals surface area contributed by atoms with E-state index in [1.807, 2.05) is 4.90 Å². The van der Waals surface area contributed by atoms with Crippen molar-refractivity contribution in [3.8, 4) is 0 Å². The fraction of sp³-hybridized carbons (Fsp3) is 0.500. The number of nitrogens with zero attached hydrogens (tertiary/aromatic N) is 1. The van der Waals surface area contributed by atoms with Gasteiger partial charge >= 0.3 is 0 Å². The third kappa shape index (κ3) is 2.62. The van der Waals surface area contributed by atoms with E-state index in [9.17, 15) is 9.90 Å². The van der Waals surface area contributed by atoms with Crippen LogP contribution in [0.3, 0.4) is 0 Å². The molecule has 1 amide bonds. The van der Waals surface area contributed by atoms with E-state index in [2.05, 4.69) is 15.9 Å². The van der Waals surface area contributed by atoms with E-state index in [4.69, 9.17) is 4.42 Å². The first-order valence-electron chi connectivity index (χ1n) is 6.54. The maximum absolute atomic E-state index is 12.1. The molecule has 1 aliphatic carbocycles. The lowest BCUT2D eigenvalue weighted by atomic mass is 10.00. The van der Waals surface area contributed by atoms with Gasteiger partial charge in [0.2, 0.25) is 5.91 Å². The van der Waals surface area contributed by atoms with Gasteiger partial charge in [-0.2, -0.15) is 0 Å². The smallest absolute Gasteiger partial charge is 0.246 e. The van der Waals surface area contributed by atoms with Crippen molar-refractivity contribution in [3.05, 3.63) is 28.6 Å². The number of hydrogen-bond donors (Lipinski definition) is 1. The summed E-state index contributed by atoms with van der Waals surface area (Å²) in [6, 6.07) is 3.59. The lowest BCUT2D eigenvalue weighted by Gasteiger charge is -2.16. The van der Waals surface area contributed by atoms with Crippen molar-refractivity contribution in [2.45, 2.75) is 18.9 Å². The van der Waals surface area contributed by atoms with Gasteiger partial charge in [0.1, 0.15) is 5.76 Å². The zero-order chi connectivity index (χ0) is 13.4. The number of furan rings is 1. The number of aliphatic hydroxyl groups is 1. The lowest BCUT2D eigenvalue weighted by molar-refractivity contribution is -0.125.